The summed E-state index contributed by atoms with van der Waals surface area (Å²) in [5.41, 5.74) is 0. The molecule has 1 heterocycles. The normalized spacial score (nSPS) is 8.00. The second-order valence-corrected chi connectivity index (χ2v) is 2.42. The summed E-state index contributed by atoms with van der Waals surface area (Å²) in [7, 11) is 2.86. The molecule has 0 aliphatic rings. The van der Waals surface area contributed by atoms with Gasteiger partial charge in [0.1, 0.15) is 10.6 Å². The van der Waals surface area contributed by atoms with Crippen molar-refractivity contribution in [3.63, 3.8) is 0 Å². The van der Waals surface area contributed by atoms with Crippen molar-refractivity contribution in [2.75, 3.05) is 0 Å². The highest BCUT2D eigenvalue weighted by Gasteiger charge is 1.59. The average molecular weight is 121 g/mol. The molecule has 0 radical (unpaired) electrons. The quantitative estimate of drug-likeness (QED) is 0.521. The first-order valence-electron chi connectivity index (χ1n) is 1.40. The summed E-state index contributed by atoms with van der Waals surface area (Å²) in [6.45, 7) is 0. The fraction of sp³-hybridized carbons (Fsp3) is 0. The van der Waals surface area contributed by atoms with Crippen LogP contribution in [0.15, 0.2) is 15.5 Å². The molecule has 0 aromatic carbocycles. The van der Waals surface area contributed by atoms with Crippen LogP contribution in [0.1, 0.15) is 0 Å². The molecule has 0 atom stereocenters. The molecular formula is C2H3NOS2. The number of aromatic nitrogens is 1. The van der Waals surface area contributed by atoms with Gasteiger partial charge < -0.3 is 3.96 Å². The zero-order valence-corrected chi connectivity index (χ0v) is 4.51. The van der Waals surface area contributed by atoms with E-state index in [2.05, 4.69) is 9.11 Å². The summed E-state index contributed by atoms with van der Waals surface area (Å²) in [4.78, 5) is 0. The standard InChI is InChI=1S/C2H3NOS2/c1-2-5-6-4-3-1/h1-3H. The number of hydrogen-bond donors (Lipinski definition) is 1. The third-order valence-corrected chi connectivity index (χ3v) is 1.58. The van der Waals surface area contributed by atoms with Gasteiger partial charge in [-0.2, -0.15) is 0 Å². The van der Waals surface area contributed by atoms with Crippen LogP contribution >= 0.6 is 21.0 Å². The molecule has 0 amide bonds. The molecule has 0 spiro atoms. The molecule has 0 aliphatic heterocycles. The van der Waals surface area contributed by atoms with E-state index >= 15 is 0 Å². The van der Waals surface area contributed by atoms with E-state index in [1.807, 2.05) is 5.38 Å². The van der Waals surface area contributed by atoms with Gasteiger partial charge in [0.05, 0.1) is 0 Å². The van der Waals surface area contributed by atoms with E-state index in [-0.39, 0.29) is 0 Å². The van der Waals surface area contributed by atoms with Gasteiger partial charge in [-0.05, 0) is 10.3 Å². The molecule has 34 valence electrons. The van der Waals surface area contributed by atoms with Crippen molar-refractivity contribution in [1.82, 2.24) is 5.16 Å². The van der Waals surface area contributed by atoms with E-state index in [1.54, 1.807) is 16.5 Å². The van der Waals surface area contributed by atoms with Crippen LogP contribution in [-0.4, -0.2) is 5.16 Å². The lowest BCUT2D eigenvalue weighted by Gasteiger charge is -1.71. The summed E-state index contributed by atoms with van der Waals surface area (Å²) in [6, 6.07) is 0. The maximum Gasteiger partial charge on any atom is 0.131 e. The highest BCUT2D eigenvalue weighted by Crippen LogP contribution is 1.97. The Hall–Kier alpha value is -0.220. The first kappa shape index (κ1) is 3.95. The van der Waals surface area contributed by atoms with E-state index in [1.165, 1.54) is 10.6 Å². The van der Waals surface area contributed by atoms with Crippen LogP contribution in [0.5, 0.6) is 0 Å². The average Bonchev–Trinajstić information content (AvgIpc) is 1.72. The summed E-state index contributed by atoms with van der Waals surface area (Å²) in [6.07, 6.45) is 1.74. The lowest BCUT2D eigenvalue weighted by Crippen LogP contribution is -1.51. The van der Waals surface area contributed by atoms with Gasteiger partial charge in [0, 0.05) is 11.6 Å². The number of nitrogens with one attached hydrogen (secondary N) is 1. The van der Waals surface area contributed by atoms with Crippen molar-refractivity contribution in [3.8, 4) is 0 Å². The Kier molecular flexibility index (Phi) is 1.35. The van der Waals surface area contributed by atoms with Crippen LogP contribution in [0.2, 0.25) is 0 Å². The number of hydrogen-bond acceptors (Lipinski definition) is 3. The maximum atomic E-state index is 4.61. The molecular weight excluding hydrogens is 118 g/mol. The van der Waals surface area contributed by atoms with E-state index in [0.29, 0.717) is 0 Å². The van der Waals surface area contributed by atoms with Crippen molar-refractivity contribution in [1.29, 1.82) is 0 Å². The lowest BCUT2D eigenvalue weighted by atomic mass is 11.1. The molecule has 1 rings (SSSR count). The van der Waals surface area contributed by atoms with Crippen LogP contribution in [0.4, 0.5) is 0 Å². The predicted octanol–water partition coefficient (Wildman–Crippen LogP) is 1.86. The van der Waals surface area contributed by atoms with Crippen molar-refractivity contribution in [3.05, 3.63) is 11.6 Å². The number of H-pyrrole nitrogens is 1. The summed E-state index contributed by atoms with van der Waals surface area (Å²) >= 11 is 0. The van der Waals surface area contributed by atoms with Crippen molar-refractivity contribution < 1.29 is 3.96 Å². The van der Waals surface area contributed by atoms with Crippen LogP contribution in [0.25, 0.3) is 0 Å². The smallest absolute Gasteiger partial charge is 0.131 e. The molecule has 2 nitrogen and oxygen atoms in total. The molecule has 0 saturated carbocycles. The van der Waals surface area contributed by atoms with Gasteiger partial charge in [0.15, 0.2) is 0 Å². The molecule has 1 N–H and O–H groups in total. The molecule has 1 aromatic heterocycles. The summed E-state index contributed by atoms with van der Waals surface area (Å²) in [5.74, 6) is 0. The summed E-state index contributed by atoms with van der Waals surface area (Å²) in [5, 5.41) is 4.46. The topological polar surface area (TPSA) is 28.9 Å². The first-order chi connectivity index (χ1) is 3.00. The minimum Gasteiger partial charge on any atom is -0.311 e. The Morgan fingerprint density at radius 3 is 2.83 bits per heavy atom. The van der Waals surface area contributed by atoms with Crippen LogP contribution in [0, 0.1) is 0 Å². The maximum absolute atomic E-state index is 4.61. The Labute approximate surface area is 42.3 Å². The fourth-order valence-corrected chi connectivity index (χ4v) is 0.974. The van der Waals surface area contributed by atoms with Gasteiger partial charge in [0.2, 0.25) is 0 Å². The molecule has 0 fully saturated rings. The molecule has 0 bridgehead atoms. The van der Waals surface area contributed by atoms with Gasteiger partial charge in [-0.3, -0.25) is 0 Å². The van der Waals surface area contributed by atoms with Gasteiger partial charge >= 0.3 is 0 Å². The van der Waals surface area contributed by atoms with Crippen LogP contribution < -0.4 is 0 Å². The Morgan fingerprint density at radius 1 is 1.67 bits per heavy atom. The van der Waals surface area contributed by atoms with E-state index in [4.69, 9.17) is 0 Å². The second-order valence-electron chi connectivity index (χ2n) is 0.668. The van der Waals surface area contributed by atoms with Gasteiger partial charge in [-0.15, -0.1) is 0 Å². The highest BCUT2D eigenvalue weighted by atomic mass is 32.9. The monoisotopic (exact) mass is 121 g/mol. The van der Waals surface area contributed by atoms with E-state index in [0.717, 1.165) is 0 Å². The fourth-order valence-electron chi connectivity index (χ4n) is 0.145. The van der Waals surface area contributed by atoms with Crippen molar-refractivity contribution in [2.24, 2.45) is 0 Å². The lowest BCUT2D eigenvalue weighted by molar-refractivity contribution is 0.506. The number of aromatic amines is 1. The first-order valence-corrected chi connectivity index (χ1v) is 3.53. The van der Waals surface area contributed by atoms with Gasteiger partial charge in [-0.25, -0.2) is 5.16 Å². The highest BCUT2D eigenvalue weighted by molar-refractivity contribution is 7.64. The van der Waals surface area contributed by atoms with Crippen LogP contribution in [-0.2, 0) is 0 Å². The molecule has 0 saturated heterocycles. The van der Waals surface area contributed by atoms with Crippen LogP contribution in [0.3, 0.4) is 0 Å². The zero-order valence-electron chi connectivity index (χ0n) is 2.88. The Bertz CT molecular complexity index is 83.5. The Morgan fingerprint density at radius 2 is 2.67 bits per heavy atom. The third-order valence-electron chi connectivity index (χ3n) is 0.313. The SMILES string of the molecule is c1csso[nH]1. The predicted molar refractivity (Wildman–Crippen MR) is 26.4 cm³/mol. The molecule has 4 heteroatoms. The molecule has 6 heavy (non-hydrogen) atoms. The Balaban J connectivity index is 3.00. The second kappa shape index (κ2) is 2.04. The molecule has 0 aliphatic carbocycles. The molecule has 1 aromatic rings. The minimum absolute atomic E-state index is 1.31. The third kappa shape index (κ3) is 0.874. The molecule has 0 unspecified atom stereocenters. The van der Waals surface area contributed by atoms with E-state index < -0.39 is 0 Å². The minimum atomic E-state index is 1.31. The van der Waals surface area contributed by atoms with Gasteiger partial charge in [0.25, 0.3) is 0 Å². The van der Waals surface area contributed by atoms with Gasteiger partial charge in [-0.1, -0.05) is 0 Å². The zero-order chi connectivity index (χ0) is 4.24. The van der Waals surface area contributed by atoms with E-state index in [9.17, 15) is 0 Å². The van der Waals surface area contributed by atoms with Crippen molar-refractivity contribution >= 4 is 21.0 Å². The number of rotatable bonds is 0. The largest absolute Gasteiger partial charge is 0.311 e. The summed E-state index contributed by atoms with van der Waals surface area (Å²) < 4.78 is 4.61. The van der Waals surface area contributed by atoms with Crippen molar-refractivity contribution in [2.45, 2.75) is 0 Å².